The van der Waals surface area contributed by atoms with Crippen molar-refractivity contribution in [2.75, 3.05) is 44.6 Å². The van der Waals surface area contributed by atoms with Crippen LogP contribution in [0.3, 0.4) is 0 Å². The second kappa shape index (κ2) is 23.0. The van der Waals surface area contributed by atoms with Gasteiger partial charge in [0.2, 0.25) is 23.6 Å². The quantitative estimate of drug-likeness (QED) is 0.110. The standard InChI is InChI=1S/C56H56Cl2N4O7/c1-3-54(64)60-30-24-46(25-31-60)69-49-19-11-41(52(37-49)50-6-4-5-7-53(50)58)13-23-56(66)62-34-28-47(29-35-62)68-48-18-10-40(51(36-48)39-8-14-42(57)15-9-39)12-22-55(65)61-32-26-45(27-33-61)67-44-20-16-43(17-21-44)59-38(2)63/h3-23,36-37,45-47H,1,24-35H2,2H3,(H,59,63)/b22-12+,23-13+. The average Bonchev–Trinajstić information content (AvgIpc) is 3.36. The molecule has 3 aliphatic rings. The molecule has 3 saturated heterocycles. The van der Waals surface area contributed by atoms with Crippen molar-refractivity contribution in [3.05, 3.63) is 155 Å². The number of ether oxygens (including phenoxy) is 3. The molecule has 0 aromatic heterocycles. The summed E-state index contributed by atoms with van der Waals surface area (Å²) in [4.78, 5) is 56.0. The summed E-state index contributed by atoms with van der Waals surface area (Å²) < 4.78 is 19.1. The predicted molar refractivity (Wildman–Crippen MR) is 273 cm³/mol. The van der Waals surface area contributed by atoms with Crippen LogP contribution in [0, 0.1) is 0 Å². The Morgan fingerprint density at radius 1 is 0.551 bits per heavy atom. The molecule has 0 saturated carbocycles. The Labute approximate surface area is 413 Å². The number of amides is 4. The van der Waals surface area contributed by atoms with Gasteiger partial charge in [-0.2, -0.15) is 0 Å². The van der Waals surface area contributed by atoms with Crippen LogP contribution in [0.5, 0.6) is 17.2 Å². The first-order valence-corrected chi connectivity index (χ1v) is 24.3. The highest BCUT2D eigenvalue weighted by Crippen LogP contribution is 2.36. The number of hydrogen-bond acceptors (Lipinski definition) is 7. The molecule has 13 heteroatoms. The molecule has 3 heterocycles. The van der Waals surface area contributed by atoms with E-state index in [0.29, 0.717) is 92.2 Å². The number of likely N-dealkylation sites (tertiary alicyclic amines) is 3. The number of carbonyl (C=O) groups is 4. The van der Waals surface area contributed by atoms with Crippen molar-refractivity contribution in [1.29, 1.82) is 0 Å². The van der Waals surface area contributed by atoms with Crippen LogP contribution in [0.25, 0.3) is 34.4 Å². The molecular weight excluding hydrogens is 912 g/mol. The van der Waals surface area contributed by atoms with Gasteiger partial charge >= 0.3 is 0 Å². The van der Waals surface area contributed by atoms with Crippen molar-refractivity contribution < 1.29 is 33.4 Å². The Morgan fingerprint density at radius 3 is 1.49 bits per heavy atom. The van der Waals surface area contributed by atoms with E-state index >= 15 is 0 Å². The summed E-state index contributed by atoms with van der Waals surface area (Å²) in [5, 5.41) is 3.98. The number of nitrogens with zero attached hydrogens (tertiary/aromatic N) is 3. The zero-order chi connectivity index (χ0) is 48.3. The van der Waals surface area contributed by atoms with Crippen molar-refractivity contribution in [3.63, 3.8) is 0 Å². The van der Waals surface area contributed by atoms with Crippen molar-refractivity contribution >= 4 is 64.7 Å². The fourth-order valence-corrected chi connectivity index (χ4v) is 9.31. The van der Waals surface area contributed by atoms with Gasteiger partial charge in [-0.25, -0.2) is 0 Å². The Hall–Kier alpha value is -6.82. The minimum atomic E-state index is -0.127. The van der Waals surface area contributed by atoms with E-state index in [1.54, 1.807) is 17.1 Å². The lowest BCUT2D eigenvalue weighted by Crippen LogP contribution is -2.41. The molecule has 0 aliphatic carbocycles. The van der Waals surface area contributed by atoms with E-state index in [1.165, 1.54) is 13.0 Å². The van der Waals surface area contributed by atoms with Gasteiger partial charge in [0.05, 0.1) is 0 Å². The largest absolute Gasteiger partial charge is 0.490 e. The third kappa shape index (κ3) is 13.0. The van der Waals surface area contributed by atoms with Gasteiger partial charge < -0.3 is 34.2 Å². The number of benzene rings is 5. The third-order valence-corrected chi connectivity index (χ3v) is 13.3. The van der Waals surface area contributed by atoms with E-state index in [9.17, 15) is 19.2 Å². The molecular formula is C56H56Cl2N4O7. The Bertz CT molecular complexity index is 2700. The fourth-order valence-electron chi connectivity index (χ4n) is 8.94. The van der Waals surface area contributed by atoms with Gasteiger partial charge in [-0.05, 0) is 113 Å². The lowest BCUT2D eigenvalue weighted by molar-refractivity contribution is -0.128. The topological polar surface area (TPSA) is 118 Å². The van der Waals surface area contributed by atoms with Crippen molar-refractivity contribution in [2.24, 2.45) is 0 Å². The van der Waals surface area contributed by atoms with Gasteiger partial charge in [0.15, 0.2) is 0 Å². The van der Waals surface area contributed by atoms with E-state index < -0.39 is 0 Å². The van der Waals surface area contributed by atoms with Crippen LogP contribution >= 0.6 is 23.2 Å². The lowest BCUT2D eigenvalue weighted by atomic mass is 9.98. The Balaban J connectivity index is 0.867. The van der Waals surface area contributed by atoms with E-state index in [0.717, 1.165) is 52.0 Å². The monoisotopic (exact) mass is 966 g/mol. The van der Waals surface area contributed by atoms with Gasteiger partial charge in [-0.1, -0.05) is 72.2 Å². The molecule has 0 bridgehead atoms. The first-order chi connectivity index (χ1) is 33.5. The minimum absolute atomic E-state index is 0.0122. The van der Waals surface area contributed by atoms with Crippen molar-refractivity contribution in [3.8, 4) is 39.5 Å². The zero-order valence-corrected chi connectivity index (χ0v) is 40.2. The van der Waals surface area contributed by atoms with E-state index in [1.807, 2.05) is 131 Å². The highest BCUT2D eigenvalue weighted by atomic mass is 35.5. The number of rotatable bonds is 14. The molecule has 11 nitrogen and oxygen atoms in total. The maximum Gasteiger partial charge on any atom is 0.246 e. The van der Waals surface area contributed by atoms with E-state index in [4.69, 9.17) is 37.4 Å². The summed E-state index contributed by atoms with van der Waals surface area (Å²) in [6, 6.07) is 34.3. The molecule has 5 aromatic carbocycles. The average molecular weight is 968 g/mol. The molecule has 356 valence electrons. The Morgan fingerprint density at radius 2 is 1.00 bits per heavy atom. The molecule has 0 spiro atoms. The van der Waals surface area contributed by atoms with Crippen LogP contribution in [-0.4, -0.2) is 95.9 Å². The molecule has 3 fully saturated rings. The van der Waals surface area contributed by atoms with Crippen molar-refractivity contribution in [2.45, 2.75) is 63.8 Å². The maximum atomic E-state index is 13.6. The summed E-state index contributed by atoms with van der Waals surface area (Å²) in [5.74, 6) is 1.79. The third-order valence-electron chi connectivity index (χ3n) is 12.7. The fraction of sp³-hybridized carbons (Fsp3) is 0.286. The molecule has 5 aromatic rings. The highest BCUT2D eigenvalue weighted by molar-refractivity contribution is 6.33. The maximum absolute atomic E-state index is 13.6. The van der Waals surface area contributed by atoms with Gasteiger partial charge in [-0.15, -0.1) is 0 Å². The molecule has 0 atom stereocenters. The summed E-state index contributed by atoms with van der Waals surface area (Å²) in [6.07, 6.45) is 12.3. The number of halogens is 2. The van der Waals surface area contributed by atoms with Crippen LogP contribution in [0.4, 0.5) is 5.69 Å². The van der Waals surface area contributed by atoms with Crippen LogP contribution < -0.4 is 19.5 Å². The highest BCUT2D eigenvalue weighted by Gasteiger charge is 2.26. The van der Waals surface area contributed by atoms with Crippen LogP contribution in [0.1, 0.15) is 56.6 Å². The summed E-state index contributed by atoms with van der Waals surface area (Å²) in [7, 11) is 0. The molecule has 0 radical (unpaired) electrons. The summed E-state index contributed by atoms with van der Waals surface area (Å²) in [5.41, 5.74) is 5.94. The second-order valence-corrected chi connectivity index (χ2v) is 18.3. The van der Waals surface area contributed by atoms with Crippen LogP contribution in [0.15, 0.2) is 134 Å². The first kappa shape index (κ1) is 48.6. The molecule has 4 amide bonds. The number of nitrogens with one attached hydrogen (secondary N) is 1. The number of carbonyl (C=O) groups excluding carboxylic acids is 4. The van der Waals surface area contributed by atoms with Gasteiger partial charge in [-0.3, -0.25) is 19.2 Å². The number of piperidine rings is 3. The normalized spacial score (nSPS) is 16.1. The smallest absolute Gasteiger partial charge is 0.246 e. The Kier molecular flexibility index (Phi) is 16.2. The second-order valence-electron chi connectivity index (χ2n) is 17.5. The molecule has 69 heavy (non-hydrogen) atoms. The molecule has 3 aliphatic heterocycles. The summed E-state index contributed by atoms with van der Waals surface area (Å²) >= 11 is 13.0. The van der Waals surface area contributed by atoms with Crippen molar-refractivity contribution in [1.82, 2.24) is 14.7 Å². The summed E-state index contributed by atoms with van der Waals surface area (Å²) in [6.45, 7) is 8.53. The lowest BCUT2D eigenvalue weighted by Gasteiger charge is -2.32. The predicted octanol–water partition coefficient (Wildman–Crippen LogP) is 11.0. The first-order valence-electron chi connectivity index (χ1n) is 23.5. The molecule has 8 rings (SSSR count). The SMILES string of the molecule is C=CC(=O)N1CCC(Oc2ccc(/C=C/C(=O)N3CCC(Oc4ccc(/C=C/C(=O)N5CCC(Oc6ccc(NC(C)=O)cc6)CC5)c(-c5ccc(Cl)cc5)c4)CC3)c(-c3ccccc3Cl)c2)CC1. The minimum Gasteiger partial charge on any atom is -0.490 e. The molecule has 0 unspecified atom stereocenters. The van der Waals surface area contributed by atoms with Crippen LogP contribution in [0.2, 0.25) is 10.0 Å². The zero-order valence-electron chi connectivity index (χ0n) is 38.7. The number of hydrogen-bond donors (Lipinski definition) is 1. The van der Waals surface area contributed by atoms with Gasteiger partial charge in [0.25, 0.3) is 0 Å². The van der Waals surface area contributed by atoms with E-state index in [-0.39, 0.29) is 41.9 Å². The van der Waals surface area contributed by atoms with Crippen LogP contribution in [-0.2, 0) is 19.2 Å². The van der Waals surface area contributed by atoms with E-state index in [2.05, 4.69) is 11.9 Å². The number of anilines is 1. The molecule has 1 N–H and O–H groups in total. The van der Waals surface area contributed by atoms with Gasteiger partial charge in [0.1, 0.15) is 35.6 Å². The van der Waals surface area contributed by atoms with Gasteiger partial charge in [0, 0.05) is 118 Å².